The summed E-state index contributed by atoms with van der Waals surface area (Å²) >= 11 is 0. The highest BCUT2D eigenvalue weighted by molar-refractivity contribution is 6.21. The van der Waals surface area contributed by atoms with Crippen LogP contribution in [0.1, 0.15) is 38.7 Å². The quantitative estimate of drug-likeness (QED) is 0.575. The van der Waals surface area contributed by atoms with Crippen molar-refractivity contribution in [1.29, 1.82) is 0 Å². The summed E-state index contributed by atoms with van der Waals surface area (Å²) in [5, 5.41) is 0. The first kappa shape index (κ1) is 18.4. The molecule has 0 aliphatic carbocycles. The summed E-state index contributed by atoms with van der Waals surface area (Å²) in [5.41, 5.74) is 1.20. The maximum Gasteiger partial charge on any atom is 0.307 e. The maximum absolute atomic E-state index is 12.9. The van der Waals surface area contributed by atoms with Crippen LogP contribution in [-0.2, 0) is 9.53 Å². The number of rotatable bonds is 6. The Morgan fingerprint density at radius 2 is 1.52 bits per heavy atom. The van der Waals surface area contributed by atoms with Gasteiger partial charge in [-0.3, -0.25) is 19.3 Å². The topological polar surface area (TPSA) is 82.1 Å². The van der Waals surface area contributed by atoms with E-state index in [1.165, 1.54) is 21.3 Å². The van der Waals surface area contributed by atoms with Crippen molar-refractivity contribution in [3.63, 3.8) is 0 Å². The highest BCUT2D eigenvalue weighted by atomic mass is 16.5. The molecule has 0 unspecified atom stereocenters. The van der Waals surface area contributed by atoms with Gasteiger partial charge in [0.25, 0.3) is 11.8 Å². The predicted octanol–water partition coefficient (Wildman–Crippen LogP) is 2.60. The fraction of sp³-hybridized carbons (Fsp3) is 0.250. The molecule has 0 saturated carbocycles. The molecule has 0 radical (unpaired) electrons. The molecule has 2 aromatic rings. The minimum atomic E-state index is -0.829. The summed E-state index contributed by atoms with van der Waals surface area (Å²) in [5.74, 6) is -0.494. The number of fused-ring (bicyclic) bond motifs is 1. The normalized spacial score (nSPS) is 14.0. The minimum Gasteiger partial charge on any atom is -0.493 e. The van der Waals surface area contributed by atoms with Crippen LogP contribution in [-0.4, -0.2) is 44.0 Å². The Labute approximate surface area is 156 Å². The Morgan fingerprint density at radius 3 is 2.04 bits per heavy atom. The summed E-state index contributed by atoms with van der Waals surface area (Å²) in [6.07, 6.45) is -0.169. The van der Waals surface area contributed by atoms with E-state index in [1.807, 2.05) is 0 Å². The lowest BCUT2D eigenvalue weighted by atomic mass is 10.0. The molecule has 1 atom stereocenters. The molecule has 1 aliphatic rings. The molecule has 0 bridgehead atoms. The zero-order chi connectivity index (χ0) is 19.6. The molecule has 0 N–H and O–H groups in total. The largest absolute Gasteiger partial charge is 0.493 e. The lowest BCUT2D eigenvalue weighted by molar-refractivity contribution is -0.141. The van der Waals surface area contributed by atoms with E-state index in [9.17, 15) is 14.4 Å². The maximum atomic E-state index is 12.9. The lowest BCUT2D eigenvalue weighted by Crippen LogP contribution is -2.35. The van der Waals surface area contributed by atoms with E-state index in [1.54, 1.807) is 42.5 Å². The number of hydrogen-bond acceptors (Lipinski definition) is 6. The molecular formula is C20H19NO6. The zero-order valence-corrected chi connectivity index (χ0v) is 15.2. The smallest absolute Gasteiger partial charge is 0.307 e. The number of amides is 2. The van der Waals surface area contributed by atoms with Gasteiger partial charge in [-0.05, 0) is 29.8 Å². The second kappa shape index (κ2) is 7.49. The van der Waals surface area contributed by atoms with E-state index in [0.29, 0.717) is 28.2 Å². The van der Waals surface area contributed by atoms with Crippen LogP contribution in [0.2, 0.25) is 0 Å². The van der Waals surface area contributed by atoms with Crippen molar-refractivity contribution in [1.82, 2.24) is 4.90 Å². The fourth-order valence-corrected chi connectivity index (χ4v) is 3.15. The van der Waals surface area contributed by atoms with Crippen molar-refractivity contribution in [2.45, 2.75) is 12.5 Å². The first-order valence-corrected chi connectivity index (χ1v) is 8.27. The number of nitrogens with zero attached hydrogens (tertiary/aromatic N) is 1. The first-order valence-electron chi connectivity index (χ1n) is 8.27. The third-order valence-electron chi connectivity index (χ3n) is 4.52. The van der Waals surface area contributed by atoms with Crippen molar-refractivity contribution in [3.8, 4) is 11.5 Å². The van der Waals surface area contributed by atoms with Crippen molar-refractivity contribution < 1.29 is 28.6 Å². The number of ether oxygens (including phenoxy) is 3. The van der Waals surface area contributed by atoms with Crippen molar-refractivity contribution in [2.24, 2.45) is 0 Å². The predicted molar refractivity (Wildman–Crippen MR) is 95.9 cm³/mol. The summed E-state index contributed by atoms with van der Waals surface area (Å²) in [6, 6.07) is 10.8. The molecule has 7 heteroatoms. The number of esters is 1. The molecule has 0 aromatic heterocycles. The van der Waals surface area contributed by atoms with Crippen LogP contribution in [0.5, 0.6) is 11.5 Å². The van der Waals surface area contributed by atoms with Crippen LogP contribution in [0.25, 0.3) is 0 Å². The van der Waals surface area contributed by atoms with Crippen LogP contribution in [0.3, 0.4) is 0 Å². The van der Waals surface area contributed by atoms with Crippen molar-refractivity contribution >= 4 is 17.8 Å². The monoisotopic (exact) mass is 369 g/mol. The third-order valence-corrected chi connectivity index (χ3v) is 4.52. The van der Waals surface area contributed by atoms with Gasteiger partial charge in [0.05, 0.1) is 44.9 Å². The van der Waals surface area contributed by atoms with Gasteiger partial charge < -0.3 is 14.2 Å². The molecule has 1 heterocycles. The molecular weight excluding hydrogens is 350 g/mol. The summed E-state index contributed by atoms with van der Waals surface area (Å²) in [4.78, 5) is 38.8. The fourth-order valence-electron chi connectivity index (χ4n) is 3.15. The number of carbonyl (C=O) groups excluding carboxylic acids is 3. The van der Waals surface area contributed by atoms with Gasteiger partial charge in [0.15, 0.2) is 11.5 Å². The Kier molecular flexibility index (Phi) is 5.12. The van der Waals surface area contributed by atoms with E-state index in [-0.39, 0.29) is 6.42 Å². The number of hydrogen-bond donors (Lipinski definition) is 0. The molecule has 2 aromatic carbocycles. The van der Waals surface area contributed by atoms with Gasteiger partial charge >= 0.3 is 5.97 Å². The van der Waals surface area contributed by atoms with Gasteiger partial charge in [0.2, 0.25) is 0 Å². The zero-order valence-electron chi connectivity index (χ0n) is 15.2. The lowest BCUT2D eigenvalue weighted by Gasteiger charge is -2.26. The molecule has 0 saturated heterocycles. The average Bonchev–Trinajstić information content (AvgIpc) is 2.96. The number of carbonyl (C=O) groups is 3. The van der Waals surface area contributed by atoms with Crippen LogP contribution in [0.15, 0.2) is 42.5 Å². The second-order valence-corrected chi connectivity index (χ2v) is 5.94. The van der Waals surface area contributed by atoms with Gasteiger partial charge in [-0.25, -0.2) is 0 Å². The molecule has 2 amide bonds. The molecule has 7 nitrogen and oxygen atoms in total. The van der Waals surface area contributed by atoms with Gasteiger partial charge in [-0.2, -0.15) is 0 Å². The Hall–Kier alpha value is -3.35. The Balaban J connectivity index is 2.07. The van der Waals surface area contributed by atoms with Crippen molar-refractivity contribution in [3.05, 3.63) is 59.2 Å². The molecule has 1 aliphatic heterocycles. The van der Waals surface area contributed by atoms with Gasteiger partial charge in [0.1, 0.15) is 0 Å². The van der Waals surface area contributed by atoms with Crippen LogP contribution < -0.4 is 9.47 Å². The number of methoxy groups -OCH3 is 3. The minimum absolute atomic E-state index is 0.169. The van der Waals surface area contributed by atoms with Crippen molar-refractivity contribution in [2.75, 3.05) is 21.3 Å². The number of imide groups is 1. The highest BCUT2D eigenvalue weighted by Crippen LogP contribution is 2.37. The van der Waals surface area contributed by atoms with Gasteiger partial charge in [-0.15, -0.1) is 0 Å². The summed E-state index contributed by atoms with van der Waals surface area (Å²) < 4.78 is 15.3. The van der Waals surface area contributed by atoms with E-state index in [2.05, 4.69) is 0 Å². The molecule has 27 heavy (non-hydrogen) atoms. The van der Waals surface area contributed by atoms with E-state index < -0.39 is 23.8 Å². The summed E-state index contributed by atoms with van der Waals surface area (Å²) in [7, 11) is 4.25. The summed E-state index contributed by atoms with van der Waals surface area (Å²) in [6.45, 7) is 0. The van der Waals surface area contributed by atoms with E-state index >= 15 is 0 Å². The van der Waals surface area contributed by atoms with Crippen LogP contribution >= 0.6 is 0 Å². The molecule has 3 rings (SSSR count). The number of benzene rings is 2. The average molecular weight is 369 g/mol. The Morgan fingerprint density at radius 1 is 0.926 bits per heavy atom. The van der Waals surface area contributed by atoms with E-state index in [0.717, 1.165) is 4.90 Å². The SMILES string of the molecule is COC(=O)C[C@H](c1ccc(OC)c(OC)c1)N1C(=O)c2ccccc2C1=O. The van der Waals surface area contributed by atoms with Gasteiger partial charge in [0, 0.05) is 0 Å². The third kappa shape index (κ3) is 3.23. The molecule has 0 fully saturated rings. The Bertz CT molecular complexity index is 872. The first-order chi connectivity index (χ1) is 13.0. The van der Waals surface area contributed by atoms with E-state index in [4.69, 9.17) is 14.2 Å². The highest BCUT2D eigenvalue weighted by Gasteiger charge is 2.41. The van der Waals surface area contributed by atoms with Crippen LogP contribution in [0.4, 0.5) is 0 Å². The molecule has 0 spiro atoms. The van der Waals surface area contributed by atoms with Gasteiger partial charge in [-0.1, -0.05) is 18.2 Å². The second-order valence-electron chi connectivity index (χ2n) is 5.94. The van der Waals surface area contributed by atoms with Crippen LogP contribution in [0, 0.1) is 0 Å². The molecule has 140 valence electrons. The standard InChI is InChI=1S/C20H19NO6/c1-25-16-9-8-12(10-17(16)26-2)15(11-18(22)27-3)21-19(23)13-6-4-5-7-14(13)20(21)24/h4-10,15H,11H2,1-3H3/t15-/m1/s1.